The Labute approximate surface area is 154 Å². The van der Waals surface area contributed by atoms with E-state index in [-0.39, 0.29) is 6.61 Å². The molecule has 0 saturated heterocycles. The number of rotatable bonds is 11. The summed E-state index contributed by atoms with van der Waals surface area (Å²) in [5.74, 6) is -0.638. The summed E-state index contributed by atoms with van der Waals surface area (Å²) < 4.78 is 15.4. The highest BCUT2D eigenvalue weighted by atomic mass is 32.2. The fourth-order valence-corrected chi connectivity index (χ4v) is 2.49. The summed E-state index contributed by atoms with van der Waals surface area (Å²) >= 11 is 1.48. The van der Waals surface area contributed by atoms with E-state index >= 15 is 0 Å². The van der Waals surface area contributed by atoms with Gasteiger partial charge < -0.3 is 24.6 Å². The Hall–Kier alpha value is -1.25. The van der Waals surface area contributed by atoms with Crippen molar-refractivity contribution in [1.82, 2.24) is 5.32 Å². The van der Waals surface area contributed by atoms with Gasteiger partial charge >= 0.3 is 12.1 Å². The summed E-state index contributed by atoms with van der Waals surface area (Å²) in [6.07, 6.45) is 1.50. The zero-order valence-corrected chi connectivity index (χ0v) is 16.6. The minimum absolute atomic E-state index is 0.0788. The molecule has 0 aliphatic carbocycles. The molecule has 25 heavy (non-hydrogen) atoms. The molecular formula is C17H31NO6S. The zero-order chi connectivity index (χ0) is 19.5. The molecule has 0 radical (unpaired) electrons. The van der Waals surface area contributed by atoms with E-state index < -0.39 is 29.5 Å². The van der Waals surface area contributed by atoms with Crippen molar-refractivity contribution < 1.29 is 28.9 Å². The third-order valence-corrected chi connectivity index (χ3v) is 3.64. The van der Waals surface area contributed by atoms with E-state index in [4.69, 9.17) is 14.2 Å². The molecular weight excluding hydrogens is 346 g/mol. The maximum absolute atomic E-state index is 12.0. The molecule has 2 N–H and O–H groups in total. The molecule has 0 bridgehead atoms. The van der Waals surface area contributed by atoms with Crippen molar-refractivity contribution in [2.75, 3.05) is 24.7 Å². The Balaban J connectivity index is 4.37. The van der Waals surface area contributed by atoms with Crippen LogP contribution in [0, 0.1) is 0 Å². The van der Waals surface area contributed by atoms with Crippen LogP contribution in [0.4, 0.5) is 4.79 Å². The first-order valence-electron chi connectivity index (χ1n) is 8.16. The third-order valence-electron chi connectivity index (χ3n) is 2.49. The Morgan fingerprint density at radius 2 is 1.92 bits per heavy atom. The Bertz CT molecular complexity index is 428. The summed E-state index contributed by atoms with van der Waals surface area (Å²) in [6.45, 7) is 12.3. The van der Waals surface area contributed by atoms with Gasteiger partial charge in [0.25, 0.3) is 0 Å². The van der Waals surface area contributed by atoms with Gasteiger partial charge in [-0.25, -0.2) is 9.59 Å². The number of hydrogen-bond acceptors (Lipinski definition) is 7. The van der Waals surface area contributed by atoms with Crippen molar-refractivity contribution in [3.63, 3.8) is 0 Å². The monoisotopic (exact) mass is 377 g/mol. The lowest BCUT2D eigenvalue weighted by atomic mass is 10.2. The van der Waals surface area contributed by atoms with Crippen LogP contribution in [-0.2, 0) is 19.0 Å². The largest absolute Gasteiger partial charge is 0.460 e. The fourth-order valence-electron chi connectivity index (χ4n) is 1.54. The predicted octanol–water partition coefficient (Wildman–Crippen LogP) is 2.48. The highest BCUT2D eigenvalue weighted by Gasteiger charge is 2.25. The van der Waals surface area contributed by atoms with Crippen LogP contribution in [0.15, 0.2) is 12.7 Å². The lowest BCUT2D eigenvalue weighted by molar-refractivity contribution is -0.175. The first-order chi connectivity index (χ1) is 11.4. The molecule has 0 fully saturated rings. The average Bonchev–Trinajstić information content (AvgIpc) is 2.43. The number of ether oxygens (including phenoxy) is 3. The lowest BCUT2D eigenvalue weighted by Gasteiger charge is -2.23. The van der Waals surface area contributed by atoms with Crippen molar-refractivity contribution in [1.29, 1.82) is 0 Å². The van der Waals surface area contributed by atoms with Crippen LogP contribution in [0.25, 0.3) is 0 Å². The first-order valence-corrected chi connectivity index (χ1v) is 9.31. The molecule has 0 unspecified atom stereocenters. The van der Waals surface area contributed by atoms with Crippen LogP contribution in [0.1, 0.15) is 41.0 Å². The zero-order valence-electron chi connectivity index (χ0n) is 15.8. The molecule has 0 saturated carbocycles. The molecule has 146 valence electrons. The summed E-state index contributed by atoms with van der Waals surface area (Å²) in [6, 6.07) is -0.810. The molecule has 1 amide bonds. The number of aliphatic hydroxyl groups is 1. The van der Waals surface area contributed by atoms with Crippen molar-refractivity contribution in [3.8, 4) is 0 Å². The number of amides is 1. The van der Waals surface area contributed by atoms with Gasteiger partial charge in [0.15, 0.2) is 5.79 Å². The molecule has 0 spiro atoms. The lowest BCUT2D eigenvalue weighted by Crippen LogP contribution is -2.45. The summed E-state index contributed by atoms with van der Waals surface area (Å²) in [5, 5.41) is 12.0. The standard InChI is InChI=1S/C17H31NO6S/c1-7-9-22-14(19)13(18-15(20)24-16(2,3)4)12-25-11-8-10-23-17(5,6)21/h7,13,21H,1,8-12H2,2-6H3,(H,18,20)/t13-/m0/s1. The average molecular weight is 378 g/mol. The van der Waals surface area contributed by atoms with Gasteiger partial charge in [-0.15, -0.1) is 0 Å². The Kier molecular flexibility index (Phi) is 10.8. The molecule has 8 heteroatoms. The molecule has 0 aromatic heterocycles. The van der Waals surface area contributed by atoms with Crippen molar-refractivity contribution >= 4 is 23.8 Å². The molecule has 0 aromatic carbocycles. The van der Waals surface area contributed by atoms with Gasteiger partial charge in [0, 0.05) is 5.75 Å². The van der Waals surface area contributed by atoms with Crippen LogP contribution in [0.2, 0.25) is 0 Å². The van der Waals surface area contributed by atoms with E-state index in [0.29, 0.717) is 24.5 Å². The number of nitrogens with one attached hydrogen (secondary N) is 1. The minimum atomic E-state index is -1.15. The maximum atomic E-state index is 12.0. The van der Waals surface area contributed by atoms with E-state index in [1.807, 2.05) is 0 Å². The second-order valence-corrected chi connectivity index (χ2v) is 7.99. The minimum Gasteiger partial charge on any atom is -0.460 e. The van der Waals surface area contributed by atoms with Gasteiger partial charge in [-0.3, -0.25) is 0 Å². The smallest absolute Gasteiger partial charge is 0.408 e. The number of hydrogen-bond donors (Lipinski definition) is 2. The van der Waals surface area contributed by atoms with Gasteiger partial charge in [-0.1, -0.05) is 12.7 Å². The van der Waals surface area contributed by atoms with E-state index in [1.165, 1.54) is 17.8 Å². The molecule has 0 aromatic rings. The van der Waals surface area contributed by atoms with E-state index in [1.54, 1.807) is 34.6 Å². The molecule has 1 atom stereocenters. The van der Waals surface area contributed by atoms with Crippen molar-refractivity contribution in [3.05, 3.63) is 12.7 Å². The maximum Gasteiger partial charge on any atom is 0.408 e. The van der Waals surface area contributed by atoms with Crippen LogP contribution in [0.5, 0.6) is 0 Å². The second-order valence-electron chi connectivity index (χ2n) is 6.84. The quantitative estimate of drug-likeness (QED) is 0.247. The Morgan fingerprint density at radius 1 is 1.28 bits per heavy atom. The molecule has 0 aliphatic heterocycles. The summed E-state index contributed by atoms with van der Waals surface area (Å²) in [7, 11) is 0. The van der Waals surface area contributed by atoms with Crippen molar-refractivity contribution in [2.24, 2.45) is 0 Å². The highest BCUT2D eigenvalue weighted by Crippen LogP contribution is 2.11. The van der Waals surface area contributed by atoms with Crippen molar-refractivity contribution in [2.45, 2.75) is 58.5 Å². The predicted molar refractivity (Wildman–Crippen MR) is 98.5 cm³/mol. The summed E-state index contributed by atoms with van der Waals surface area (Å²) in [4.78, 5) is 23.9. The summed E-state index contributed by atoms with van der Waals surface area (Å²) in [5.41, 5.74) is -0.652. The van der Waals surface area contributed by atoms with Crippen LogP contribution >= 0.6 is 11.8 Å². The topological polar surface area (TPSA) is 94.1 Å². The van der Waals surface area contributed by atoms with Crippen LogP contribution in [0.3, 0.4) is 0 Å². The number of carbonyl (C=O) groups is 2. The first kappa shape index (κ1) is 23.8. The molecule has 0 heterocycles. The van der Waals surface area contributed by atoms with Gasteiger partial charge in [0.2, 0.25) is 0 Å². The van der Waals surface area contributed by atoms with E-state index in [0.717, 1.165) is 0 Å². The Morgan fingerprint density at radius 3 is 2.44 bits per heavy atom. The van der Waals surface area contributed by atoms with Crippen LogP contribution in [-0.4, -0.2) is 59.3 Å². The second kappa shape index (κ2) is 11.4. The van der Waals surface area contributed by atoms with Gasteiger partial charge in [-0.2, -0.15) is 11.8 Å². The molecule has 0 rings (SSSR count). The highest BCUT2D eigenvalue weighted by molar-refractivity contribution is 7.99. The van der Waals surface area contributed by atoms with Crippen LogP contribution < -0.4 is 5.32 Å². The normalized spacial score (nSPS) is 13.0. The number of alkyl carbamates (subject to hydrolysis) is 1. The number of thioether (sulfide) groups is 1. The SMILES string of the molecule is C=CCOC(=O)[C@H](CSCCCOC(C)(C)O)NC(=O)OC(C)(C)C. The van der Waals surface area contributed by atoms with Gasteiger partial charge in [0.1, 0.15) is 18.2 Å². The molecule has 7 nitrogen and oxygen atoms in total. The van der Waals surface area contributed by atoms with Gasteiger partial charge in [0.05, 0.1) is 6.61 Å². The van der Waals surface area contributed by atoms with Gasteiger partial charge in [-0.05, 0) is 46.8 Å². The number of carbonyl (C=O) groups excluding carboxylic acids is 2. The number of esters is 1. The van der Waals surface area contributed by atoms with E-state index in [9.17, 15) is 14.7 Å². The third kappa shape index (κ3) is 14.8. The van der Waals surface area contributed by atoms with E-state index in [2.05, 4.69) is 11.9 Å². The fraction of sp³-hybridized carbons (Fsp3) is 0.765. The molecule has 0 aliphatic rings.